The third kappa shape index (κ3) is 7.72. The minimum atomic E-state index is -4.15. The number of sulfonamides is 1. The number of carbonyl (C=O) groups excluding carboxylic acids is 2. The predicted octanol–water partition coefficient (Wildman–Crippen LogP) is 5.52. The molecule has 0 heterocycles. The van der Waals surface area contributed by atoms with E-state index in [-0.39, 0.29) is 17.3 Å². The molecule has 3 aromatic rings. The van der Waals surface area contributed by atoms with Gasteiger partial charge in [0.25, 0.3) is 10.0 Å². The number of nitrogens with zero attached hydrogens (tertiary/aromatic N) is 2. The molecule has 202 valence electrons. The number of amides is 2. The number of benzene rings is 3. The molecule has 3 aromatic carbocycles. The summed E-state index contributed by atoms with van der Waals surface area (Å²) in [6.45, 7) is 6.68. The number of hydrogen-bond acceptors (Lipinski definition) is 4. The third-order valence-corrected chi connectivity index (χ3v) is 7.91. The quantitative estimate of drug-likeness (QED) is 0.364. The number of anilines is 1. The fourth-order valence-electron chi connectivity index (χ4n) is 3.75. The summed E-state index contributed by atoms with van der Waals surface area (Å²) in [5, 5.41) is 3.77. The maximum absolute atomic E-state index is 13.8. The maximum Gasteiger partial charge on any atom is 0.264 e. The van der Waals surface area contributed by atoms with Crippen LogP contribution in [0.15, 0.2) is 83.8 Å². The van der Waals surface area contributed by atoms with E-state index in [1.807, 2.05) is 20.8 Å². The summed E-state index contributed by atoms with van der Waals surface area (Å²) in [7, 11) is -4.15. The molecule has 0 saturated heterocycles. The summed E-state index contributed by atoms with van der Waals surface area (Å²) in [4.78, 5) is 28.3. The molecule has 0 bridgehead atoms. The van der Waals surface area contributed by atoms with E-state index in [0.717, 1.165) is 4.31 Å². The smallest absolute Gasteiger partial charge is 0.264 e. The van der Waals surface area contributed by atoms with Crippen LogP contribution in [0.2, 0.25) is 10.0 Å². The van der Waals surface area contributed by atoms with E-state index in [0.29, 0.717) is 21.3 Å². The monoisotopic (exact) mass is 575 g/mol. The Balaban J connectivity index is 2.01. The summed E-state index contributed by atoms with van der Waals surface area (Å²) in [5.41, 5.74) is 0.489. The highest BCUT2D eigenvalue weighted by molar-refractivity contribution is 7.92. The van der Waals surface area contributed by atoms with Crippen LogP contribution in [-0.4, -0.2) is 43.3 Å². The SMILES string of the molecule is C[C@H](C(=O)NC(C)(C)C)N(Cc1cccc(Cl)c1)C(=O)CN(c1ccccc1)S(=O)(=O)c1ccc(Cl)cc1. The van der Waals surface area contributed by atoms with Gasteiger partial charge in [-0.1, -0.05) is 53.5 Å². The van der Waals surface area contributed by atoms with Crippen molar-refractivity contribution in [2.24, 2.45) is 0 Å². The van der Waals surface area contributed by atoms with Gasteiger partial charge in [0.15, 0.2) is 0 Å². The van der Waals surface area contributed by atoms with E-state index >= 15 is 0 Å². The van der Waals surface area contributed by atoms with Gasteiger partial charge in [0.2, 0.25) is 11.8 Å². The van der Waals surface area contributed by atoms with Crippen molar-refractivity contribution in [1.82, 2.24) is 10.2 Å². The second-order valence-electron chi connectivity index (χ2n) is 9.87. The zero-order chi connectivity index (χ0) is 28.1. The Morgan fingerprint density at radius 1 is 0.895 bits per heavy atom. The van der Waals surface area contributed by atoms with Crippen LogP contribution in [0.4, 0.5) is 5.69 Å². The first kappa shape index (κ1) is 29.5. The molecule has 0 aliphatic heterocycles. The van der Waals surface area contributed by atoms with Crippen molar-refractivity contribution in [2.75, 3.05) is 10.8 Å². The van der Waals surface area contributed by atoms with Crippen molar-refractivity contribution in [3.8, 4) is 0 Å². The largest absolute Gasteiger partial charge is 0.350 e. The molecule has 2 amide bonds. The Morgan fingerprint density at radius 2 is 1.53 bits per heavy atom. The Bertz CT molecular complexity index is 1380. The number of nitrogens with one attached hydrogen (secondary N) is 1. The van der Waals surface area contributed by atoms with Crippen molar-refractivity contribution in [2.45, 2.75) is 50.7 Å². The summed E-state index contributed by atoms with van der Waals surface area (Å²) < 4.78 is 28.5. The summed E-state index contributed by atoms with van der Waals surface area (Å²) in [5.74, 6) is -0.914. The van der Waals surface area contributed by atoms with Crippen LogP contribution < -0.4 is 9.62 Å². The van der Waals surface area contributed by atoms with Gasteiger partial charge in [0, 0.05) is 22.1 Å². The number of carbonyl (C=O) groups is 2. The molecule has 0 unspecified atom stereocenters. The van der Waals surface area contributed by atoms with Crippen LogP contribution in [-0.2, 0) is 26.2 Å². The molecule has 3 rings (SSSR count). The van der Waals surface area contributed by atoms with Gasteiger partial charge in [0.1, 0.15) is 12.6 Å². The molecule has 7 nitrogen and oxygen atoms in total. The molecule has 0 aromatic heterocycles. The molecule has 0 saturated carbocycles. The molecule has 0 radical (unpaired) electrons. The lowest BCUT2D eigenvalue weighted by atomic mass is 10.1. The Kier molecular flexibility index (Phi) is 9.46. The molecular weight excluding hydrogens is 545 g/mol. The zero-order valence-electron chi connectivity index (χ0n) is 21.7. The molecule has 38 heavy (non-hydrogen) atoms. The number of rotatable bonds is 9. The summed E-state index contributed by atoms with van der Waals surface area (Å²) in [6, 6.07) is 20.1. The van der Waals surface area contributed by atoms with Crippen LogP contribution in [0.5, 0.6) is 0 Å². The van der Waals surface area contributed by atoms with Gasteiger partial charge in [-0.25, -0.2) is 8.42 Å². The van der Waals surface area contributed by atoms with E-state index in [2.05, 4.69) is 5.32 Å². The molecule has 1 N–H and O–H groups in total. The first-order valence-corrected chi connectivity index (χ1v) is 14.2. The highest BCUT2D eigenvalue weighted by Gasteiger charge is 2.33. The average molecular weight is 577 g/mol. The van der Waals surface area contributed by atoms with Crippen LogP contribution in [0.25, 0.3) is 0 Å². The molecule has 0 aliphatic carbocycles. The second kappa shape index (κ2) is 12.2. The Hall–Kier alpha value is -3.07. The first-order valence-electron chi connectivity index (χ1n) is 12.0. The van der Waals surface area contributed by atoms with Crippen molar-refractivity contribution >= 4 is 50.7 Å². The number of para-hydroxylation sites is 1. The molecule has 1 atom stereocenters. The number of hydrogen-bond donors (Lipinski definition) is 1. The molecule has 0 aliphatic rings. The van der Waals surface area contributed by atoms with Crippen LogP contribution >= 0.6 is 23.2 Å². The number of halogens is 2. The lowest BCUT2D eigenvalue weighted by molar-refractivity contribution is -0.140. The van der Waals surface area contributed by atoms with Crippen molar-refractivity contribution in [3.05, 3.63) is 94.5 Å². The average Bonchev–Trinajstić information content (AvgIpc) is 2.85. The molecule has 0 fully saturated rings. The minimum absolute atomic E-state index is 0.0153. The maximum atomic E-state index is 13.8. The molecule has 10 heteroatoms. The summed E-state index contributed by atoms with van der Waals surface area (Å²) >= 11 is 12.1. The van der Waals surface area contributed by atoms with Gasteiger partial charge >= 0.3 is 0 Å². The normalized spacial score (nSPS) is 12.5. The second-order valence-corrected chi connectivity index (χ2v) is 12.6. The van der Waals surface area contributed by atoms with E-state index in [9.17, 15) is 18.0 Å². The molecule has 0 spiro atoms. The third-order valence-electron chi connectivity index (χ3n) is 5.63. The van der Waals surface area contributed by atoms with Crippen molar-refractivity contribution in [1.29, 1.82) is 0 Å². The Labute approximate surface area is 234 Å². The van der Waals surface area contributed by atoms with E-state index in [1.54, 1.807) is 61.5 Å². The first-order chi connectivity index (χ1) is 17.8. The van der Waals surface area contributed by atoms with Gasteiger partial charge in [0.05, 0.1) is 10.6 Å². The van der Waals surface area contributed by atoms with Crippen LogP contribution in [0.3, 0.4) is 0 Å². The Morgan fingerprint density at radius 3 is 2.11 bits per heavy atom. The highest BCUT2D eigenvalue weighted by Crippen LogP contribution is 2.25. The fourth-order valence-corrected chi connectivity index (χ4v) is 5.50. The van der Waals surface area contributed by atoms with E-state index in [4.69, 9.17) is 23.2 Å². The van der Waals surface area contributed by atoms with Gasteiger partial charge < -0.3 is 10.2 Å². The van der Waals surface area contributed by atoms with Gasteiger partial charge in [-0.05, 0) is 81.8 Å². The predicted molar refractivity (Wildman–Crippen MR) is 152 cm³/mol. The summed E-state index contributed by atoms with van der Waals surface area (Å²) in [6.07, 6.45) is 0. The standard InChI is InChI=1S/C28H31Cl2N3O4S/c1-20(27(35)31-28(2,3)4)32(18-21-9-8-10-23(30)17-21)26(34)19-33(24-11-6-5-7-12-24)38(36,37)25-15-13-22(29)14-16-25/h5-17,20H,18-19H2,1-4H3,(H,31,35)/t20-/m1/s1. The minimum Gasteiger partial charge on any atom is -0.350 e. The van der Waals surface area contributed by atoms with Gasteiger partial charge in [-0.3, -0.25) is 13.9 Å². The zero-order valence-corrected chi connectivity index (χ0v) is 24.0. The fraction of sp³-hybridized carbons (Fsp3) is 0.286. The van der Waals surface area contributed by atoms with Crippen LogP contribution in [0, 0.1) is 0 Å². The lowest BCUT2D eigenvalue weighted by Crippen LogP contribution is -2.54. The van der Waals surface area contributed by atoms with Crippen molar-refractivity contribution < 1.29 is 18.0 Å². The van der Waals surface area contributed by atoms with Gasteiger partial charge in [-0.2, -0.15) is 0 Å². The lowest BCUT2D eigenvalue weighted by Gasteiger charge is -2.33. The highest BCUT2D eigenvalue weighted by atomic mass is 35.5. The van der Waals surface area contributed by atoms with E-state index in [1.165, 1.54) is 29.2 Å². The molecular formula is C28H31Cl2N3O4S. The van der Waals surface area contributed by atoms with Crippen LogP contribution in [0.1, 0.15) is 33.3 Å². The topological polar surface area (TPSA) is 86.8 Å². The van der Waals surface area contributed by atoms with Gasteiger partial charge in [-0.15, -0.1) is 0 Å². The van der Waals surface area contributed by atoms with Crippen molar-refractivity contribution in [3.63, 3.8) is 0 Å². The van der Waals surface area contributed by atoms with E-state index < -0.39 is 34.1 Å².